The number of thioether (sulfide) groups is 4. The predicted octanol–water partition coefficient (Wildman–Crippen LogP) is 22.0. The maximum absolute atomic E-state index is 2.67. The van der Waals surface area contributed by atoms with Gasteiger partial charge in [0, 0.05) is 60.2 Å². The lowest BCUT2D eigenvalue weighted by atomic mass is 9.64. The summed E-state index contributed by atoms with van der Waals surface area (Å²) in [6.45, 7) is 20.7. The lowest BCUT2D eigenvalue weighted by Crippen LogP contribution is -2.43. The van der Waals surface area contributed by atoms with Crippen LogP contribution in [0.5, 0.6) is 0 Å². The first-order valence-electron chi connectivity index (χ1n) is 29.6. The first-order valence-corrected chi connectivity index (χ1v) is 32.9. The summed E-state index contributed by atoms with van der Waals surface area (Å²) in [6, 6.07) is 46.2. The van der Waals surface area contributed by atoms with Gasteiger partial charge >= 0.3 is 0 Å². The molecule has 4 aliphatic carbocycles. The molecule has 0 radical (unpaired) electrons. The SMILES string of the molecule is CC12CCCCC1(C)c1cc(-c3cc(-c4ccc5c(c4)C4(C)CCCCC4(C)S5)c4ccc5c(-c6ccc7c(c6)C6(C)CCCCC6(C)S7)cc(-c6ccc7c(c6)C6(C)CCCCC6(C)S7)c6ccc3c4c65)ccc1S2. The van der Waals surface area contributed by atoms with E-state index in [-0.39, 0.29) is 40.6 Å². The molecule has 0 spiro atoms. The van der Waals surface area contributed by atoms with Crippen molar-refractivity contribution in [2.75, 3.05) is 0 Å². The summed E-state index contributed by atoms with van der Waals surface area (Å²) in [7, 11) is 0. The van der Waals surface area contributed by atoms with Crippen molar-refractivity contribution in [3.8, 4) is 44.5 Å². The van der Waals surface area contributed by atoms with Crippen LogP contribution in [0.15, 0.2) is 129 Å². The van der Waals surface area contributed by atoms with Gasteiger partial charge in [-0.05, 0) is 239 Å². The van der Waals surface area contributed by atoms with Crippen LogP contribution in [-0.2, 0) is 21.7 Å². The minimum atomic E-state index is 0.165. The third-order valence-electron chi connectivity index (χ3n) is 23.8. The highest BCUT2D eigenvalue weighted by Gasteiger charge is 2.57. The fraction of sp³-hybridized carbons (Fsp3) is 0.444. The van der Waals surface area contributed by atoms with Gasteiger partial charge in [-0.15, -0.1) is 47.0 Å². The molecule has 76 heavy (non-hydrogen) atoms. The zero-order chi connectivity index (χ0) is 51.6. The maximum Gasteiger partial charge on any atom is 0.0273 e. The third kappa shape index (κ3) is 6.13. The molecule has 4 aliphatic heterocycles. The second-order valence-corrected chi connectivity index (χ2v) is 33.5. The fourth-order valence-corrected chi connectivity index (χ4v) is 24.8. The first kappa shape index (κ1) is 48.1. The van der Waals surface area contributed by atoms with E-state index < -0.39 is 0 Å². The molecular formula is C72H74S4. The smallest absolute Gasteiger partial charge is 0.0273 e. The Morgan fingerprint density at radius 2 is 0.487 bits per heavy atom. The van der Waals surface area contributed by atoms with Crippen molar-refractivity contribution in [3.05, 3.63) is 131 Å². The highest BCUT2D eigenvalue weighted by Crippen LogP contribution is 2.68. The van der Waals surface area contributed by atoms with E-state index in [4.69, 9.17) is 0 Å². The average Bonchev–Trinajstić information content (AvgIpc) is 4.17. The molecule has 386 valence electrons. The molecule has 0 amide bonds. The standard InChI is InChI=1S/C72H74S4/c1-65-29-9-13-33-69(65,5)73-59-25-17-43(37-55(59)65)51-41-52(44-18-26-60-56(38-44)66(2)30-10-14-34-70(66,6)74-60)48-23-24-50-54(46-20-28-62-58(40-46)68(4)32-12-16-36-72(68,8)76-62)42-53(49-22-21-47(51)63(48)64(49)50)45-19-27-61-57(39-45)67(3)31-11-15-35-71(67,7)75-61/h17-28,37-42H,9-16,29-36H2,1-8H3. The summed E-state index contributed by atoms with van der Waals surface area (Å²) < 4.78 is 0.966. The Morgan fingerprint density at radius 1 is 0.263 bits per heavy atom. The highest BCUT2D eigenvalue weighted by molar-refractivity contribution is 8.01. The van der Waals surface area contributed by atoms with Crippen molar-refractivity contribution < 1.29 is 0 Å². The summed E-state index contributed by atoms with van der Waals surface area (Å²) in [6.07, 6.45) is 20.9. The van der Waals surface area contributed by atoms with Gasteiger partial charge in [0.1, 0.15) is 0 Å². The molecule has 0 aromatic heterocycles. The molecule has 4 heteroatoms. The van der Waals surface area contributed by atoms with Crippen molar-refractivity contribution in [1.82, 2.24) is 0 Å². The van der Waals surface area contributed by atoms with Crippen molar-refractivity contribution in [2.45, 2.75) is 218 Å². The topological polar surface area (TPSA) is 0 Å². The number of hydrogen-bond donors (Lipinski definition) is 0. The van der Waals surface area contributed by atoms with Crippen molar-refractivity contribution in [3.63, 3.8) is 0 Å². The van der Waals surface area contributed by atoms with Gasteiger partial charge in [0.25, 0.3) is 0 Å². The van der Waals surface area contributed by atoms with Crippen LogP contribution in [0, 0.1) is 0 Å². The van der Waals surface area contributed by atoms with Crippen LogP contribution < -0.4 is 0 Å². The third-order valence-corrected chi connectivity index (χ3v) is 30.5. The maximum atomic E-state index is 2.67. The molecule has 4 fully saturated rings. The molecule has 0 nitrogen and oxygen atoms in total. The van der Waals surface area contributed by atoms with Gasteiger partial charge in [-0.1, -0.05) is 128 Å². The van der Waals surface area contributed by atoms with Crippen LogP contribution in [0.2, 0.25) is 0 Å². The fourth-order valence-electron chi connectivity index (χ4n) is 18.0. The van der Waals surface area contributed by atoms with E-state index in [0.29, 0.717) is 0 Å². The molecule has 0 N–H and O–H groups in total. The normalized spacial score (nSPS) is 33.9. The lowest BCUT2D eigenvalue weighted by molar-refractivity contribution is 0.260. The predicted molar refractivity (Wildman–Crippen MR) is 332 cm³/mol. The minimum Gasteiger partial charge on any atom is -0.118 e. The molecular weight excluding hydrogens is 993 g/mol. The van der Waals surface area contributed by atoms with Crippen LogP contribution in [0.4, 0.5) is 0 Å². The van der Waals surface area contributed by atoms with E-state index >= 15 is 0 Å². The zero-order valence-electron chi connectivity index (χ0n) is 46.3. The van der Waals surface area contributed by atoms with Gasteiger partial charge in [0.15, 0.2) is 0 Å². The molecule has 16 rings (SSSR count). The summed E-state index contributed by atoms with van der Waals surface area (Å²) in [5.41, 5.74) is 18.0. The molecule has 8 aromatic carbocycles. The number of benzene rings is 8. The zero-order valence-corrected chi connectivity index (χ0v) is 49.6. The molecule has 4 heterocycles. The van der Waals surface area contributed by atoms with Gasteiger partial charge < -0.3 is 0 Å². The van der Waals surface area contributed by atoms with E-state index in [2.05, 4.69) is 212 Å². The van der Waals surface area contributed by atoms with Gasteiger partial charge in [-0.25, -0.2) is 0 Å². The molecule has 8 unspecified atom stereocenters. The number of fused-ring (bicyclic) bond motifs is 12. The van der Waals surface area contributed by atoms with Crippen molar-refractivity contribution in [2.24, 2.45) is 0 Å². The van der Waals surface area contributed by atoms with Crippen LogP contribution in [0.3, 0.4) is 0 Å². The lowest BCUT2D eigenvalue weighted by Gasteiger charge is -2.45. The molecule has 0 saturated heterocycles. The van der Waals surface area contributed by atoms with Gasteiger partial charge in [-0.2, -0.15) is 0 Å². The summed E-state index contributed by atoms with van der Waals surface area (Å²) in [4.78, 5) is 6.03. The van der Waals surface area contributed by atoms with E-state index in [0.717, 1.165) is 0 Å². The van der Waals surface area contributed by atoms with Gasteiger partial charge in [0.05, 0.1) is 0 Å². The largest absolute Gasteiger partial charge is 0.118 e. The highest BCUT2D eigenvalue weighted by atomic mass is 32.2. The molecule has 8 aliphatic rings. The molecule has 8 atom stereocenters. The summed E-state index contributed by atoms with van der Waals surface area (Å²) >= 11 is 8.70. The van der Waals surface area contributed by atoms with Crippen LogP contribution >= 0.6 is 47.0 Å². The van der Waals surface area contributed by atoms with Crippen LogP contribution in [0.1, 0.15) is 180 Å². The Bertz CT molecular complexity index is 3360. The van der Waals surface area contributed by atoms with E-state index in [1.54, 1.807) is 22.3 Å². The van der Waals surface area contributed by atoms with Gasteiger partial charge in [0.2, 0.25) is 0 Å². The van der Waals surface area contributed by atoms with E-state index in [1.807, 2.05) is 0 Å². The molecule has 0 bridgehead atoms. The van der Waals surface area contributed by atoms with Crippen LogP contribution in [0.25, 0.3) is 76.8 Å². The Hall–Kier alpha value is -3.80. The first-order chi connectivity index (χ1) is 36.5. The van der Waals surface area contributed by atoms with E-state index in [1.165, 1.54) is 199 Å². The summed E-state index contributed by atoms with van der Waals surface area (Å²) in [5.74, 6) is 0. The summed E-state index contributed by atoms with van der Waals surface area (Å²) in [5, 5.41) is 8.42. The average molecular weight is 1070 g/mol. The minimum absolute atomic E-state index is 0.165. The van der Waals surface area contributed by atoms with Gasteiger partial charge in [-0.3, -0.25) is 0 Å². The molecule has 4 saturated carbocycles. The van der Waals surface area contributed by atoms with Crippen molar-refractivity contribution in [1.29, 1.82) is 0 Å². The Labute approximate surface area is 470 Å². The Morgan fingerprint density at radius 3 is 0.724 bits per heavy atom. The van der Waals surface area contributed by atoms with Crippen molar-refractivity contribution >= 4 is 79.4 Å². The monoisotopic (exact) mass is 1070 g/mol. The second kappa shape index (κ2) is 16.0. The van der Waals surface area contributed by atoms with Crippen LogP contribution in [-0.4, -0.2) is 19.0 Å². The number of rotatable bonds is 4. The second-order valence-electron chi connectivity index (χ2n) is 27.3. The Kier molecular flexibility index (Phi) is 10.1. The quantitative estimate of drug-likeness (QED) is 0.161. The number of hydrogen-bond acceptors (Lipinski definition) is 4. The Balaban J connectivity index is 0.986. The molecule has 8 aromatic rings. The van der Waals surface area contributed by atoms with E-state index in [9.17, 15) is 0 Å².